The number of hydrogen-bond donors (Lipinski definition) is 1. The molecule has 0 radical (unpaired) electrons. The molecule has 1 unspecified atom stereocenters. The number of piperazine rings is 1. The normalized spacial score (nSPS) is 16.9. The summed E-state index contributed by atoms with van der Waals surface area (Å²) < 4.78 is 0. The monoisotopic (exact) mass is 337 g/mol. The third-order valence-corrected chi connectivity index (χ3v) is 4.48. The predicted molar refractivity (Wildman–Crippen MR) is 91.7 cm³/mol. The van der Waals surface area contributed by atoms with E-state index in [0.29, 0.717) is 43.3 Å². The summed E-state index contributed by atoms with van der Waals surface area (Å²) in [5.74, 6) is 0.00420. The molecule has 126 valence electrons. The fraction of sp³-hybridized carbons (Fsp3) is 0.529. The van der Waals surface area contributed by atoms with Gasteiger partial charge in [-0.05, 0) is 25.5 Å². The first-order chi connectivity index (χ1) is 11.0. The van der Waals surface area contributed by atoms with Crippen LogP contribution in [-0.4, -0.2) is 60.4 Å². The zero-order chi connectivity index (χ0) is 16.8. The van der Waals surface area contributed by atoms with E-state index in [0.717, 1.165) is 6.42 Å². The van der Waals surface area contributed by atoms with Gasteiger partial charge < -0.3 is 10.2 Å². The molecule has 6 heteroatoms. The molecule has 0 aromatic heterocycles. The lowest BCUT2D eigenvalue weighted by Gasteiger charge is -2.34. The molecule has 1 heterocycles. The molecule has 0 saturated carbocycles. The molecule has 23 heavy (non-hydrogen) atoms. The highest BCUT2D eigenvalue weighted by Crippen LogP contribution is 2.18. The van der Waals surface area contributed by atoms with Crippen molar-refractivity contribution in [2.75, 3.05) is 32.7 Å². The van der Waals surface area contributed by atoms with Crippen LogP contribution in [-0.2, 0) is 4.79 Å². The van der Waals surface area contributed by atoms with Gasteiger partial charge in [0.2, 0.25) is 5.91 Å². The minimum Gasteiger partial charge on any atom is -0.353 e. The predicted octanol–water partition coefficient (Wildman–Crippen LogP) is 2.01. The van der Waals surface area contributed by atoms with Crippen LogP contribution in [0.1, 0.15) is 30.6 Å². The van der Waals surface area contributed by atoms with Gasteiger partial charge in [0.25, 0.3) is 5.91 Å². The molecule has 1 aromatic carbocycles. The zero-order valence-corrected chi connectivity index (χ0v) is 14.5. The number of hydrogen-bond acceptors (Lipinski definition) is 3. The average molecular weight is 338 g/mol. The highest BCUT2D eigenvalue weighted by Gasteiger charge is 2.24. The number of rotatable bonds is 5. The van der Waals surface area contributed by atoms with E-state index >= 15 is 0 Å². The first-order valence-corrected chi connectivity index (χ1v) is 8.44. The lowest BCUT2D eigenvalue weighted by Crippen LogP contribution is -2.51. The molecule has 0 aliphatic carbocycles. The number of nitrogens with one attached hydrogen (secondary N) is 1. The molecule has 1 aromatic rings. The summed E-state index contributed by atoms with van der Waals surface area (Å²) in [6.45, 7) is 7.05. The molecule has 5 nitrogen and oxygen atoms in total. The van der Waals surface area contributed by atoms with Gasteiger partial charge >= 0.3 is 0 Å². The van der Waals surface area contributed by atoms with Gasteiger partial charge in [0.05, 0.1) is 17.1 Å². The summed E-state index contributed by atoms with van der Waals surface area (Å²) in [6, 6.07) is 7.30. The Morgan fingerprint density at radius 2 is 1.87 bits per heavy atom. The van der Waals surface area contributed by atoms with Crippen molar-refractivity contribution in [3.05, 3.63) is 34.9 Å². The molecule has 0 spiro atoms. The number of carbonyl (C=O) groups excluding carboxylic acids is 2. The standard InChI is InChI=1S/C17H24ClN3O2/c1-3-13(2)19-16(22)12-20-8-10-21(11-9-20)17(23)14-6-4-5-7-15(14)18/h4-7,13H,3,8-12H2,1-2H3,(H,19,22). The number of nitrogens with zero attached hydrogens (tertiary/aromatic N) is 2. The van der Waals surface area contributed by atoms with Crippen LogP contribution in [0.4, 0.5) is 0 Å². The second-order valence-corrected chi connectivity index (χ2v) is 6.33. The summed E-state index contributed by atoms with van der Waals surface area (Å²) >= 11 is 6.09. The summed E-state index contributed by atoms with van der Waals surface area (Å²) in [4.78, 5) is 28.3. The molecule has 1 N–H and O–H groups in total. The third kappa shape index (κ3) is 4.94. The van der Waals surface area contributed by atoms with Gasteiger partial charge in [0.15, 0.2) is 0 Å². The van der Waals surface area contributed by atoms with Gasteiger partial charge in [-0.25, -0.2) is 0 Å². The number of carbonyl (C=O) groups is 2. The van der Waals surface area contributed by atoms with Gasteiger partial charge in [-0.15, -0.1) is 0 Å². The lowest BCUT2D eigenvalue weighted by atomic mass is 10.2. The van der Waals surface area contributed by atoms with Crippen LogP contribution in [0.5, 0.6) is 0 Å². The van der Waals surface area contributed by atoms with Crippen molar-refractivity contribution in [2.24, 2.45) is 0 Å². The topological polar surface area (TPSA) is 52.7 Å². The summed E-state index contributed by atoms with van der Waals surface area (Å²) in [7, 11) is 0. The Morgan fingerprint density at radius 1 is 1.22 bits per heavy atom. The van der Waals surface area contributed by atoms with Gasteiger partial charge in [-0.1, -0.05) is 30.7 Å². The summed E-state index contributed by atoms with van der Waals surface area (Å²) in [5.41, 5.74) is 0.539. The van der Waals surface area contributed by atoms with Crippen LogP contribution in [0.3, 0.4) is 0 Å². The highest BCUT2D eigenvalue weighted by molar-refractivity contribution is 6.33. The molecule has 2 rings (SSSR count). The van der Waals surface area contributed by atoms with E-state index in [4.69, 9.17) is 11.6 Å². The zero-order valence-electron chi connectivity index (χ0n) is 13.7. The molecular formula is C17H24ClN3O2. The van der Waals surface area contributed by atoms with Gasteiger partial charge in [0.1, 0.15) is 0 Å². The average Bonchev–Trinajstić information content (AvgIpc) is 2.55. The van der Waals surface area contributed by atoms with Crippen molar-refractivity contribution in [3.8, 4) is 0 Å². The first kappa shape index (κ1) is 17.8. The van der Waals surface area contributed by atoms with Crippen LogP contribution < -0.4 is 5.32 Å². The van der Waals surface area contributed by atoms with Gasteiger partial charge in [-0.2, -0.15) is 0 Å². The van der Waals surface area contributed by atoms with Crippen molar-refractivity contribution >= 4 is 23.4 Å². The van der Waals surface area contributed by atoms with Crippen molar-refractivity contribution < 1.29 is 9.59 Å². The fourth-order valence-electron chi connectivity index (χ4n) is 2.54. The summed E-state index contributed by atoms with van der Waals surface area (Å²) in [6.07, 6.45) is 0.922. The van der Waals surface area contributed by atoms with E-state index in [-0.39, 0.29) is 17.9 Å². The van der Waals surface area contributed by atoms with Crippen LogP contribution in [0.15, 0.2) is 24.3 Å². The van der Waals surface area contributed by atoms with Gasteiger partial charge in [0, 0.05) is 32.2 Å². The Kier molecular flexibility index (Phi) is 6.42. The second-order valence-electron chi connectivity index (χ2n) is 5.93. The van der Waals surface area contributed by atoms with E-state index in [1.807, 2.05) is 26.0 Å². The van der Waals surface area contributed by atoms with Crippen LogP contribution >= 0.6 is 11.6 Å². The quantitative estimate of drug-likeness (QED) is 0.894. The Hall–Kier alpha value is -1.59. The molecule has 1 aliphatic heterocycles. The Labute approximate surface area is 142 Å². The van der Waals surface area contributed by atoms with Crippen molar-refractivity contribution in [1.29, 1.82) is 0 Å². The highest BCUT2D eigenvalue weighted by atomic mass is 35.5. The fourth-order valence-corrected chi connectivity index (χ4v) is 2.76. The number of benzene rings is 1. The maximum absolute atomic E-state index is 12.5. The maximum atomic E-state index is 12.5. The van der Waals surface area contributed by atoms with E-state index in [1.54, 1.807) is 17.0 Å². The number of amides is 2. The van der Waals surface area contributed by atoms with E-state index in [9.17, 15) is 9.59 Å². The molecular weight excluding hydrogens is 314 g/mol. The van der Waals surface area contributed by atoms with Gasteiger partial charge in [-0.3, -0.25) is 14.5 Å². The van der Waals surface area contributed by atoms with Crippen LogP contribution in [0.25, 0.3) is 0 Å². The number of halogens is 1. The molecule has 1 saturated heterocycles. The van der Waals surface area contributed by atoms with E-state index in [2.05, 4.69) is 10.2 Å². The molecule has 2 amide bonds. The van der Waals surface area contributed by atoms with Crippen molar-refractivity contribution in [1.82, 2.24) is 15.1 Å². The van der Waals surface area contributed by atoms with Crippen LogP contribution in [0.2, 0.25) is 5.02 Å². The first-order valence-electron chi connectivity index (χ1n) is 8.06. The Balaban J connectivity index is 1.83. The summed E-state index contributed by atoms with van der Waals surface area (Å²) in [5, 5.41) is 3.45. The second kappa shape index (κ2) is 8.31. The largest absolute Gasteiger partial charge is 0.353 e. The molecule has 1 atom stereocenters. The minimum atomic E-state index is -0.0423. The van der Waals surface area contributed by atoms with Crippen LogP contribution in [0, 0.1) is 0 Å². The molecule has 0 bridgehead atoms. The smallest absolute Gasteiger partial charge is 0.255 e. The van der Waals surface area contributed by atoms with Crippen molar-refractivity contribution in [3.63, 3.8) is 0 Å². The third-order valence-electron chi connectivity index (χ3n) is 4.15. The maximum Gasteiger partial charge on any atom is 0.255 e. The molecule has 1 fully saturated rings. The Morgan fingerprint density at radius 3 is 2.48 bits per heavy atom. The van der Waals surface area contributed by atoms with E-state index < -0.39 is 0 Å². The van der Waals surface area contributed by atoms with Crippen molar-refractivity contribution in [2.45, 2.75) is 26.3 Å². The lowest BCUT2D eigenvalue weighted by molar-refractivity contribution is -0.123. The molecule has 1 aliphatic rings. The minimum absolute atomic E-state index is 0.0423. The SMILES string of the molecule is CCC(C)NC(=O)CN1CCN(C(=O)c2ccccc2Cl)CC1. The van der Waals surface area contributed by atoms with E-state index in [1.165, 1.54) is 0 Å². The Bertz CT molecular complexity index is 557.